The fraction of sp³-hybridized carbons (Fsp3) is 0.391. The number of amides is 1. The molecule has 5 rings (SSSR count). The third kappa shape index (κ3) is 4.79. The van der Waals surface area contributed by atoms with E-state index in [2.05, 4.69) is 41.9 Å². The molecule has 9 nitrogen and oxygen atoms in total. The van der Waals surface area contributed by atoms with Gasteiger partial charge in [0.2, 0.25) is 5.91 Å². The number of carbonyl (C=O) groups is 1. The summed E-state index contributed by atoms with van der Waals surface area (Å²) < 4.78 is 2.01. The molecule has 0 saturated carbocycles. The molecular formula is C23H28N8O. The maximum Gasteiger partial charge on any atom is 0.231 e. The van der Waals surface area contributed by atoms with Gasteiger partial charge < -0.3 is 15.5 Å². The van der Waals surface area contributed by atoms with E-state index in [4.69, 9.17) is 0 Å². The molecule has 2 saturated heterocycles. The van der Waals surface area contributed by atoms with Crippen molar-refractivity contribution in [2.45, 2.75) is 6.54 Å². The number of aromatic nitrogens is 4. The summed E-state index contributed by atoms with van der Waals surface area (Å²) in [4.78, 5) is 17.1. The minimum atomic E-state index is -0.0365. The Labute approximate surface area is 187 Å². The number of nitrogens with zero attached hydrogens (tertiary/aromatic N) is 6. The number of anilines is 2. The summed E-state index contributed by atoms with van der Waals surface area (Å²) >= 11 is 0. The third-order valence-electron chi connectivity index (χ3n) is 6.11. The predicted molar refractivity (Wildman–Crippen MR) is 123 cm³/mol. The van der Waals surface area contributed by atoms with Gasteiger partial charge in [0, 0.05) is 69.5 Å². The molecule has 9 heteroatoms. The maximum absolute atomic E-state index is 12.5. The van der Waals surface area contributed by atoms with Crippen molar-refractivity contribution in [3.05, 3.63) is 55.0 Å². The molecule has 0 spiro atoms. The Bertz CT molecular complexity index is 1020. The van der Waals surface area contributed by atoms with Crippen molar-refractivity contribution in [1.82, 2.24) is 30.2 Å². The Morgan fingerprint density at radius 3 is 2.62 bits per heavy atom. The number of hydrogen-bond donors (Lipinski definition) is 2. The van der Waals surface area contributed by atoms with E-state index in [1.54, 1.807) is 6.20 Å². The molecule has 0 radical (unpaired) electrons. The van der Waals surface area contributed by atoms with Crippen LogP contribution in [0.3, 0.4) is 0 Å². The molecule has 3 aromatic rings. The second kappa shape index (κ2) is 9.46. The van der Waals surface area contributed by atoms with Crippen LogP contribution in [-0.2, 0) is 11.3 Å². The van der Waals surface area contributed by atoms with Crippen molar-refractivity contribution in [2.75, 3.05) is 56.0 Å². The summed E-state index contributed by atoms with van der Waals surface area (Å²) in [5.74, 6) is 0.818. The van der Waals surface area contributed by atoms with Gasteiger partial charge in [-0.1, -0.05) is 12.1 Å². The molecule has 2 aliphatic heterocycles. The molecule has 0 atom stereocenters. The zero-order chi connectivity index (χ0) is 21.8. The lowest BCUT2D eigenvalue weighted by Crippen LogP contribution is -2.52. The van der Waals surface area contributed by atoms with E-state index in [9.17, 15) is 4.79 Å². The Morgan fingerprint density at radius 2 is 1.88 bits per heavy atom. The van der Waals surface area contributed by atoms with Crippen LogP contribution >= 0.6 is 0 Å². The SMILES string of the molecule is O=C(Nc1ccc(-c2cnn(CCN3CCNCC3)c2)cc1)C1CN(c2cccnn2)C1. The highest BCUT2D eigenvalue weighted by Crippen LogP contribution is 2.24. The fourth-order valence-corrected chi connectivity index (χ4v) is 4.10. The van der Waals surface area contributed by atoms with E-state index in [0.29, 0.717) is 13.1 Å². The summed E-state index contributed by atoms with van der Waals surface area (Å²) in [6, 6.07) is 11.7. The molecule has 2 aromatic heterocycles. The van der Waals surface area contributed by atoms with Crippen LogP contribution in [0.15, 0.2) is 55.0 Å². The summed E-state index contributed by atoms with van der Waals surface area (Å²) in [6.45, 7) is 7.55. The first kappa shape index (κ1) is 20.6. The van der Waals surface area contributed by atoms with E-state index in [-0.39, 0.29) is 11.8 Å². The average molecular weight is 433 g/mol. The van der Waals surface area contributed by atoms with E-state index in [1.807, 2.05) is 47.3 Å². The second-order valence-corrected chi connectivity index (χ2v) is 8.33. The summed E-state index contributed by atoms with van der Waals surface area (Å²) in [6.07, 6.45) is 5.64. The molecule has 2 N–H and O–H groups in total. The van der Waals surface area contributed by atoms with Crippen molar-refractivity contribution >= 4 is 17.4 Å². The molecule has 0 bridgehead atoms. The molecule has 0 unspecified atom stereocenters. The summed E-state index contributed by atoms with van der Waals surface area (Å²) in [5, 5.41) is 18.9. The largest absolute Gasteiger partial charge is 0.353 e. The Balaban J connectivity index is 1.11. The monoisotopic (exact) mass is 432 g/mol. The Hall–Kier alpha value is -3.30. The molecule has 0 aliphatic carbocycles. The molecule has 1 amide bonds. The van der Waals surface area contributed by atoms with Crippen LogP contribution in [0.2, 0.25) is 0 Å². The third-order valence-corrected chi connectivity index (χ3v) is 6.11. The molecule has 2 aliphatic rings. The van der Waals surface area contributed by atoms with Crippen LogP contribution in [0, 0.1) is 5.92 Å². The van der Waals surface area contributed by atoms with Crippen molar-refractivity contribution < 1.29 is 4.79 Å². The normalized spacial score (nSPS) is 17.2. The van der Waals surface area contributed by atoms with E-state index in [1.165, 1.54) is 0 Å². The molecule has 4 heterocycles. The number of benzene rings is 1. The summed E-state index contributed by atoms with van der Waals surface area (Å²) in [5.41, 5.74) is 2.98. The number of rotatable bonds is 7. The lowest BCUT2D eigenvalue weighted by molar-refractivity contribution is -0.120. The topological polar surface area (TPSA) is 91.2 Å². The highest BCUT2D eigenvalue weighted by Gasteiger charge is 2.33. The van der Waals surface area contributed by atoms with E-state index >= 15 is 0 Å². The summed E-state index contributed by atoms with van der Waals surface area (Å²) in [7, 11) is 0. The molecule has 166 valence electrons. The van der Waals surface area contributed by atoms with Crippen molar-refractivity contribution in [1.29, 1.82) is 0 Å². The van der Waals surface area contributed by atoms with Gasteiger partial charge in [0.1, 0.15) is 0 Å². The van der Waals surface area contributed by atoms with Crippen LogP contribution in [-0.4, -0.2) is 76.6 Å². The molecule has 32 heavy (non-hydrogen) atoms. The minimum absolute atomic E-state index is 0.0365. The van der Waals surface area contributed by atoms with E-state index < -0.39 is 0 Å². The lowest BCUT2D eigenvalue weighted by Gasteiger charge is -2.38. The zero-order valence-corrected chi connectivity index (χ0v) is 18.0. The Kier molecular flexibility index (Phi) is 6.09. The number of piperazine rings is 1. The van der Waals surface area contributed by atoms with Gasteiger partial charge in [0.15, 0.2) is 5.82 Å². The van der Waals surface area contributed by atoms with Gasteiger partial charge in [-0.3, -0.25) is 14.4 Å². The average Bonchev–Trinajstić information content (AvgIpc) is 3.28. The van der Waals surface area contributed by atoms with Crippen LogP contribution < -0.4 is 15.5 Å². The number of nitrogens with one attached hydrogen (secondary N) is 2. The van der Waals surface area contributed by atoms with Crippen molar-refractivity contribution in [3.8, 4) is 11.1 Å². The lowest BCUT2D eigenvalue weighted by atomic mass is 9.99. The van der Waals surface area contributed by atoms with Crippen LogP contribution in [0.25, 0.3) is 11.1 Å². The van der Waals surface area contributed by atoms with Crippen molar-refractivity contribution in [3.63, 3.8) is 0 Å². The Morgan fingerprint density at radius 1 is 1.06 bits per heavy atom. The highest BCUT2D eigenvalue weighted by atomic mass is 16.2. The number of hydrogen-bond acceptors (Lipinski definition) is 7. The van der Waals surface area contributed by atoms with Crippen LogP contribution in [0.1, 0.15) is 0 Å². The molecule has 2 fully saturated rings. The first-order chi connectivity index (χ1) is 15.7. The number of carbonyl (C=O) groups excluding carboxylic acids is 1. The quantitative estimate of drug-likeness (QED) is 0.582. The van der Waals surface area contributed by atoms with Crippen LogP contribution in [0.4, 0.5) is 11.5 Å². The smallest absolute Gasteiger partial charge is 0.231 e. The standard InChI is InChI=1S/C23H28N8O/c32-23(20-15-30(16-20)22-2-1-7-25-28-22)27-21-5-3-18(4-6-21)19-14-26-31(17-19)13-12-29-10-8-24-9-11-29/h1-7,14,17,20,24H,8-13,15-16H2,(H,27,32). The van der Waals surface area contributed by atoms with E-state index in [0.717, 1.165) is 61.9 Å². The van der Waals surface area contributed by atoms with Crippen LogP contribution in [0.5, 0.6) is 0 Å². The highest BCUT2D eigenvalue weighted by molar-refractivity contribution is 5.94. The first-order valence-electron chi connectivity index (χ1n) is 11.1. The fourth-order valence-electron chi connectivity index (χ4n) is 4.10. The zero-order valence-electron chi connectivity index (χ0n) is 18.0. The second-order valence-electron chi connectivity index (χ2n) is 8.33. The van der Waals surface area contributed by atoms with Gasteiger partial charge in [0.05, 0.1) is 18.7 Å². The van der Waals surface area contributed by atoms with Gasteiger partial charge in [-0.2, -0.15) is 10.2 Å². The maximum atomic E-state index is 12.5. The first-order valence-corrected chi connectivity index (χ1v) is 11.1. The van der Waals surface area contributed by atoms with Gasteiger partial charge in [-0.15, -0.1) is 5.10 Å². The van der Waals surface area contributed by atoms with Gasteiger partial charge >= 0.3 is 0 Å². The molecular weight excluding hydrogens is 404 g/mol. The van der Waals surface area contributed by atoms with Gasteiger partial charge in [0.25, 0.3) is 0 Å². The van der Waals surface area contributed by atoms with Gasteiger partial charge in [-0.05, 0) is 29.8 Å². The van der Waals surface area contributed by atoms with Crippen molar-refractivity contribution in [2.24, 2.45) is 5.92 Å². The van der Waals surface area contributed by atoms with Gasteiger partial charge in [-0.25, -0.2) is 0 Å². The predicted octanol–water partition coefficient (Wildman–Crippen LogP) is 1.32. The minimum Gasteiger partial charge on any atom is -0.353 e. The molecule has 1 aromatic carbocycles.